The van der Waals surface area contributed by atoms with E-state index in [0.29, 0.717) is 35.5 Å². The molecule has 2 aromatic carbocycles. The van der Waals surface area contributed by atoms with Crippen LogP contribution in [0.25, 0.3) is 0 Å². The van der Waals surface area contributed by atoms with Gasteiger partial charge in [-0.1, -0.05) is 49.7 Å². The number of ether oxygens (including phenoxy) is 1. The van der Waals surface area contributed by atoms with Crippen molar-refractivity contribution in [2.45, 2.75) is 39.1 Å². The maximum absolute atomic E-state index is 13.1. The van der Waals surface area contributed by atoms with E-state index in [1.807, 2.05) is 50.2 Å². The normalized spacial score (nSPS) is 11.8. The van der Waals surface area contributed by atoms with Gasteiger partial charge in [0.15, 0.2) is 0 Å². The summed E-state index contributed by atoms with van der Waals surface area (Å²) in [5, 5.41) is 3.57. The third-order valence-corrected chi connectivity index (χ3v) is 6.01. The number of hydrogen-bond acceptors (Lipinski definition) is 4. The molecule has 2 amide bonds. The molecule has 0 heterocycles. The number of carbonyl (C=O) groups is 2. The molecule has 168 valence electrons. The molecule has 0 aliphatic rings. The number of benzene rings is 2. The van der Waals surface area contributed by atoms with Crippen LogP contribution in [0, 0.1) is 5.92 Å². The first kappa shape index (κ1) is 25.1. The Morgan fingerprint density at radius 3 is 2.23 bits per heavy atom. The topological polar surface area (TPSA) is 58.6 Å². The van der Waals surface area contributed by atoms with E-state index >= 15 is 0 Å². The summed E-state index contributed by atoms with van der Waals surface area (Å²) in [5.74, 6) is 1.94. The molecule has 7 heteroatoms. The van der Waals surface area contributed by atoms with E-state index in [4.69, 9.17) is 16.3 Å². The number of nitrogens with zero attached hydrogens (tertiary/aromatic N) is 1. The van der Waals surface area contributed by atoms with Gasteiger partial charge in [0.25, 0.3) is 0 Å². The van der Waals surface area contributed by atoms with Crippen molar-refractivity contribution in [2.24, 2.45) is 5.92 Å². The van der Waals surface area contributed by atoms with Gasteiger partial charge in [-0.25, -0.2) is 0 Å². The number of carbonyl (C=O) groups excluding carboxylic acids is 2. The zero-order chi connectivity index (χ0) is 22.8. The predicted octanol–water partition coefficient (Wildman–Crippen LogP) is 4.77. The molecule has 0 aliphatic carbocycles. The van der Waals surface area contributed by atoms with Gasteiger partial charge in [0.2, 0.25) is 11.8 Å². The fraction of sp³-hybridized carbons (Fsp3) is 0.417. The van der Waals surface area contributed by atoms with Crippen LogP contribution in [0.2, 0.25) is 5.02 Å². The minimum absolute atomic E-state index is 0.0688. The lowest BCUT2D eigenvalue weighted by Gasteiger charge is -2.29. The largest absolute Gasteiger partial charge is 0.497 e. The van der Waals surface area contributed by atoms with Crippen molar-refractivity contribution in [2.75, 3.05) is 19.4 Å². The van der Waals surface area contributed by atoms with Crippen LogP contribution in [-0.2, 0) is 21.9 Å². The van der Waals surface area contributed by atoms with E-state index in [2.05, 4.69) is 5.32 Å². The van der Waals surface area contributed by atoms with Crippen LogP contribution in [0.5, 0.6) is 5.75 Å². The first-order chi connectivity index (χ1) is 14.8. The van der Waals surface area contributed by atoms with Crippen molar-refractivity contribution in [3.63, 3.8) is 0 Å². The zero-order valence-corrected chi connectivity index (χ0v) is 20.1. The Morgan fingerprint density at radius 2 is 1.65 bits per heavy atom. The number of rotatable bonds is 11. The Bertz CT molecular complexity index is 841. The van der Waals surface area contributed by atoms with Gasteiger partial charge in [0.05, 0.1) is 12.9 Å². The van der Waals surface area contributed by atoms with Crippen LogP contribution >= 0.6 is 23.4 Å². The van der Waals surface area contributed by atoms with E-state index < -0.39 is 6.04 Å². The van der Waals surface area contributed by atoms with Crippen molar-refractivity contribution in [1.82, 2.24) is 10.2 Å². The zero-order valence-electron chi connectivity index (χ0n) is 18.6. The highest BCUT2D eigenvalue weighted by molar-refractivity contribution is 7.99. The van der Waals surface area contributed by atoms with E-state index in [0.717, 1.165) is 16.9 Å². The SMILES string of the molecule is COc1ccc(CSCC(=O)N(Cc2ccc(Cl)cc2)[C@H](C)C(=O)NCC(C)C)cc1. The Hall–Kier alpha value is -2.18. The summed E-state index contributed by atoms with van der Waals surface area (Å²) >= 11 is 7.52. The summed E-state index contributed by atoms with van der Waals surface area (Å²) in [5.41, 5.74) is 2.05. The van der Waals surface area contributed by atoms with Gasteiger partial charge >= 0.3 is 0 Å². The summed E-state index contributed by atoms with van der Waals surface area (Å²) in [6, 6.07) is 14.6. The molecule has 1 N–H and O–H groups in total. The smallest absolute Gasteiger partial charge is 0.242 e. The molecule has 0 spiro atoms. The van der Waals surface area contributed by atoms with Gasteiger partial charge in [-0.2, -0.15) is 0 Å². The number of halogens is 1. The lowest BCUT2D eigenvalue weighted by molar-refractivity contribution is -0.138. The number of thioether (sulfide) groups is 1. The second-order valence-electron chi connectivity index (χ2n) is 7.80. The molecule has 0 bridgehead atoms. The lowest BCUT2D eigenvalue weighted by atomic mass is 10.1. The molecule has 0 fully saturated rings. The van der Waals surface area contributed by atoms with Gasteiger partial charge in [0, 0.05) is 23.9 Å². The highest BCUT2D eigenvalue weighted by atomic mass is 35.5. The molecule has 0 unspecified atom stereocenters. The first-order valence-electron chi connectivity index (χ1n) is 10.3. The molecule has 2 rings (SSSR count). The molecule has 0 aromatic heterocycles. The predicted molar refractivity (Wildman–Crippen MR) is 128 cm³/mol. The molecule has 0 saturated heterocycles. The average molecular weight is 463 g/mol. The Kier molecular flexibility index (Phi) is 10.2. The summed E-state index contributed by atoms with van der Waals surface area (Å²) in [6.45, 7) is 6.79. The number of nitrogens with one attached hydrogen (secondary N) is 1. The van der Waals surface area contributed by atoms with Gasteiger partial charge < -0.3 is 15.0 Å². The summed E-state index contributed by atoms with van der Waals surface area (Å²) in [7, 11) is 1.64. The van der Waals surface area contributed by atoms with Crippen molar-refractivity contribution in [3.05, 3.63) is 64.7 Å². The molecule has 0 aliphatic heterocycles. The number of amides is 2. The number of methoxy groups -OCH3 is 1. The highest BCUT2D eigenvalue weighted by Gasteiger charge is 2.26. The quantitative estimate of drug-likeness (QED) is 0.522. The minimum atomic E-state index is -0.566. The van der Waals surface area contributed by atoms with Crippen LogP contribution < -0.4 is 10.1 Å². The summed E-state index contributed by atoms with van der Waals surface area (Å²) in [4.78, 5) is 27.4. The Labute approximate surface area is 194 Å². The lowest BCUT2D eigenvalue weighted by Crippen LogP contribution is -2.48. The van der Waals surface area contributed by atoms with E-state index in [9.17, 15) is 9.59 Å². The maximum Gasteiger partial charge on any atom is 0.242 e. The molecule has 5 nitrogen and oxygen atoms in total. The molecular weight excluding hydrogens is 432 g/mol. The maximum atomic E-state index is 13.1. The third kappa shape index (κ3) is 8.46. The van der Waals surface area contributed by atoms with Crippen LogP contribution in [0.3, 0.4) is 0 Å². The van der Waals surface area contributed by atoms with Crippen molar-refractivity contribution < 1.29 is 14.3 Å². The molecule has 1 atom stereocenters. The third-order valence-electron chi connectivity index (χ3n) is 4.77. The van der Waals surface area contributed by atoms with Crippen LogP contribution in [0.1, 0.15) is 31.9 Å². The summed E-state index contributed by atoms with van der Waals surface area (Å²) in [6.07, 6.45) is 0. The van der Waals surface area contributed by atoms with E-state index in [-0.39, 0.29) is 11.8 Å². The van der Waals surface area contributed by atoms with Gasteiger partial charge in [-0.05, 0) is 48.2 Å². The van der Waals surface area contributed by atoms with Crippen molar-refractivity contribution in [1.29, 1.82) is 0 Å². The Morgan fingerprint density at radius 1 is 1.03 bits per heavy atom. The monoisotopic (exact) mass is 462 g/mol. The first-order valence-corrected chi connectivity index (χ1v) is 11.9. The molecule has 31 heavy (non-hydrogen) atoms. The van der Waals surface area contributed by atoms with Gasteiger partial charge in [0.1, 0.15) is 11.8 Å². The van der Waals surface area contributed by atoms with Crippen LogP contribution in [0.15, 0.2) is 48.5 Å². The van der Waals surface area contributed by atoms with Crippen LogP contribution in [0.4, 0.5) is 0 Å². The highest BCUT2D eigenvalue weighted by Crippen LogP contribution is 2.19. The van der Waals surface area contributed by atoms with Crippen molar-refractivity contribution in [3.8, 4) is 5.75 Å². The Balaban J connectivity index is 2.03. The molecule has 0 saturated carbocycles. The van der Waals surface area contributed by atoms with Crippen molar-refractivity contribution >= 4 is 35.2 Å². The minimum Gasteiger partial charge on any atom is -0.497 e. The average Bonchev–Trinajstić information content (AvgIpc) is 2.76. The van der Waals surface area contributed by atoms with Gasteiger partial charge in [-0.3, -0.25) is 9.59 Å². The second-order valence-corrected chi connectivity index (χ2v) is 9.23. The molecular formula is C24H31ClN2O3S. The molecule has 2 aromatic rings. The fourth-order valence-electron chi connectivity index (χ4n) is 2.88. The van der Waals surface area contributed by atoms with Gasteiger partial charge in [-0.15, -0.1) is 11.8 Å². The summed E-state index contributed by atoms with van der Waals surface area (Å²) < 4.78 is 5.18. The second kappa shape index (κ2) is 12.6. The van der Waals surface area contributed by atoms with E-state index in [1.54, 1.807) is 31.1 Å². The molecule has 0 radical (unpaired) electrons. The van der Waals surface area contributed by atoms with E-state index in [1.165, 1.54) is 11.8 Å². The van der Waals surface area contributed by atoms with Crippen LogP contribution in [-0.4, -0.2) is 42.2 Å². The standard InChI is InChI=1S/C24H31ClN2O3S/c1-17(2)13-26-24(29)18(3)27(14-19-5-9-21(25)10-6-19)23(28)16-31-15-20-7-11-22(30-4)12-8-20/h5-12,17-18H,13-16H2,1-4H3,(H,26,29)/t18-/m1/s1. The number of hydrogen-bond donors (Lipinski definition) is 1. The fourth-order valence-corrected chi connectivity index (χ4v) is 3.88.